The predicted molar refractivity (Wildman–Crippen MR) is 101 cm³/mol. The van der Waals surface area contributed by atoms with Gasteiger partial charge in [0.25, 0.3) is 0 Å². The number of nitrogens with zero attached hydrogens (tertiary/aromatic N) is 2. The van der Waals surface area contributed by atoms with Crippen molar-refractivity contribution < 1.29 is 9.59 Å². The number of urea groups is 1. The fourth-order valence-electron chi connectivity index (χ4n) is 3.61. The maximum atomic E-state index is 12.3. The standard InChI is InChI=1S/C19H29N5O2/c1-15(16-5-3-2-4-6-16)24-14-17(13-18(24)25)22-19(26)21-9-12-23-10-7-20-8-11-23/h2-6,15,17,20H,7-14H2,1H3,(H2,21,22,26). The van der Waals surface area contributed by atoms with Crippen LogP contribution in [0.25, 0.3) is 0 Å². The van der Waals surface area contributed by atoms with Crippen molar-refractivity contribution in [3.05, 3.63) is 35.9 Å². The fraction of sp³-hybridized carbons (Fsp3) is 0.579. The zero-order valence-corrected chi connectivity index (χ0v) is 15.4. The Morgan fingerprint density at radius 3 is 2.73 bits per heavy atom. The molecule has 0 aromatic heterocycles. The van der Waals surface area contributed by atoms with E-state index >= 15 is 0 Å². The zero-order valence-electron chi connectivity index (χ0n) is 15.4. The van der Waals surface area contributed by atoms with Gasteiger partial charge in [-0.3, -0.25) is 9.69 Å². The number of nitrogens with one attached hydrogen (secondary N) is 3. The molecule has 2 fully saturated rings. The molecule has 0 radical (unpaired) electrons. The van der Waals surface area contributed by atoms with Crippen LogP contribution >= 0.6 is 0 Å². The Balaban J connectivity index is 1.41. The maximum absolute atomic E-state index is 12.3. The first-order valence-corrected chi connectivity index (χ1v) is 9.45. The molecule has 26 heavy (non-hydrogen) atoms. The number of carbonyl (C=O) groups excluding carboxylic acids is 2. The summed E-state index contributed by atoms with van der Waals surface area (Å²) < 4.78 is 0. The van der Waals surface area contributed by atoms with E-state index in [1.807, 2.05) is 42.2 Å². The Bertz CT molecular complexity index is 603. The molecule has 2 unspecified atom stereocenters. The average molecular weight is 359 g/mol. The summed E-state index contributed by atoms with van der Waals surface area (Å²) in [5.41, 5.74) is 1.11. The Labute approximate surface area is 155 Å². The molecule has 0 spiro atoms. The van der Waals surface area contributed by atoms with Crippen LogP contribution in [0.3, 0.4) is 0 Å². The van der Waals surface area contributed by atoms with Gasteiger partial charge in [-0.15, -0.1) is 0 Å². The van der Waals surface area contributed by atoms with E-state index in [-0.39, 0.29) is 24.0 Å². The monoisotopic (exact) mass is 359 g/mol. The van der Waals surface area contributed by atoms with Crippen LogP contribution in [-0.2, 0) is 4.79 Å². The molecule has 3 N–H and O–H groups in total. The van der Waals surface area contributed by atoms with Crippen LogP contribution in [0.4, 0.5) is 4.79 Å². The molecule has 3 amide bonds. The lowest BCUT2D eigenvalue weighted by Gasteiger charge is -2.27. The van der Waals surface area contributed by atoms with Crippen molar-refractivity contribution in [1.82, 2.24) is 25.8 Å². The van der Waals surface area contributed by atoms with E-state index in [9.17, 15) is 9.59 Å². The smallest absolute Gasteiger partial charge is 0.315 e. The number of rotatable bonds is 6. The van der Waals surface area contributed by atoms with E-state index in [1.54, 1.807) is 0 Å². The van der Waals surface area contributed by atoms with Gasteiger partial charge in [0.1, 0.15) is 0 Å². The van der Waals surface area contributed by atoms with Crippen molar-refractivity contribution in [2.45, 2.75) is 25.4 Å². The number of likely N-dealkylation sites (tertiary alicyclic amines) is 1. The SMILES string of the molecule is CC(c1ccccc1)N1CC(NC(=O)NCCN2CCNCC2)CC1=O. The zero-order chi connectivity index (χ0) is 18.4. The summed E-state index contributed by atoms with van der Waals surface area (Å²) in [4.78, 5) is 28.6. The number of benzene rings is 1. The van der Waals surface area contributed by atoms with Gasteiger partial charge in [-0.2, -0.15) is 0 Å². The van der Waals surface area contributed by atoms with Crippen molar-refractivity contribution in [2.24, 2.45) is 0 Å². The van der Waals surface area contributed by atoms with Crippen molar-refractivity contribution >= 4 is 11.9 Å². The van der Waals surface area contributed by atoms with Gasteiger partial charge in [0.05, 0.1) is 12.1 Å². The Morgan fingerprint density at radius 2 is 2.00 bits per heavy atom. The lowest BCUT2D eigenvalue weighted by Crippen LogP contribution is -2.48. The normalized spacial score (nSPS) is 22.3. The van der Waals surface area contributed by atoms with E-state index in [2.05, 4.69) is 20.9 Å². The summed E-state index contributed by atoms with van der Waals surface area (Å²) in [6.45, 7) is 8.12. The van der Waals surface area contributed by atoms with Gasteiger partial charge in [-0.25, -0.2) is 4.79 Å². The van der Waals surface area contributed by atoms with Crippen molar-refractivity contribution in [2.75, 3.05) is 45.8 Å². The predicted octanol–water partition coefficient (Wildman–Crippen LogP) is 0.553. The van der Waals surface area contributed by atoms with Crippen LogP contribution in [0.15, 0.2) is 30.3 Å². The highest BCUT2D eigenvalue weighted by Gasteiger charge is 2.33. The van der Waals surface area contributed by atoms with Crippen LogP contribution in [-0.4, -0.2) is 73.6 Å². The number of amides is 3. The average Bonchev–Trinajstić information content (AvgIpc) is 3.02. The molecule has 7 nitrogen and oxygen atoms in total. The Kier molecular flexibility index (Phi) is 6.46. The highest BCUT2D eigenvalue weighted by atomic mass is 16.2. The van der Waals surface area contributed by atoms with Gasteiger partial charge in [0.2, 0.25) is 5.91 Å². The molecule has 2 heterocycles. The summed E-state index contributed by atoms with van der Waals surface area (Å²) in [5, 5.41) is 9.16. The summed E-state index contributed by atoms with van der Waals surface area (Å²) in [6.07, 6.45) is 0.363. The topological polar surface area (TPSA) is 76.7 Å². The summed E-state index contributed by atoms with van der Waals surface area (Å²) in [5.74, 6) is 0.0902. The highest BCUT2D eigenvalue weighted by molar-refractivity contribution is 5.82. The molecule has 1 aromatic rings. The maximum Gasteiger partial charge on any atom is 0.315 e. The highest BCUT2D eigenvalue weighted by Crippen LogP contribution is 2.25. The fourth-order valence-corrected chi connectivity index (χ4v) is 3.61. The quantitative estimate of drug-likeness (QED) is 0.693. The van der Waals surface area contributed by atoms with Crippen LogP contribution in [0.5, 0.6) is 0 Å². The van der Waals surface area contributed by atoms with E-state index in [0.717, 1.165) is 38.3 Å². The number of hydrogen-bond acceptors (Lipinski definition) is 4. The third-order valence-corrected chi connectivity index (χ3v) is 5.17. The summed E-state index contributed by atoms with van der Waals surface area (Å²) in [7, 11) is 0. The first kappa shape index (κ1) is 18.7. The first-order valence-electron chi connectivity index (χ1n) is 9.45. The van der Waals surface area contributed by atoms with Crippen LogP contribution in [0, 0.1) is 0 Å². The molecular formula is C19H29N5O2. The summed E-state index contributed by atoms with van der Waals surface area (Å²) >= 11 is 0. The minimum atomic E-state index is -0.188. The minimum Gasteiger partial charge on any atom is -0.337 e. The van der Waals surface area contributed by atoms with Crippen LogP contribution in [0.1, 0.15) is 24.9 Å². The molecule has 142 valence electrons. The first-order chi connectivity index (χ1) is 12.6. The van der Waals surface area contributed by atoms with Crippen molar-refractivity contribution in [1.29, 1.82) is 0 Å². The third-order valence-electron chi connectivity index (χ3n) is 5.17. The van der Waals surface area contributed by atoms with E-state index in [1.165, 1.54) is 0 Å². The minimum absolute atomic E-state index is 0.0197. The second-order valence-electron chi connectivity index (χ2n) is 7.03. The van der Waals surface area contributed by atoms with E-state index in [4.69, 9.17) is 0 Å². The molecular weight excluding hydrogens is 330 g/mol. The van der Waals surface area contributed by atoms with Gasteiger partial charge in [-0.1, -0.05) is 30.3 Å². The van der Waals surface area contributed by atoms with Crippen molar-refractivity contribution in [3.8, 4) is 0 Å². The molecule has 2 saturated heterocycles. The lowest BCUT2D eigenvalue weighted by molar-refractivity contribution is -0.129. The van der Waals surface area contributed by atoms with E-state index in [0.29, 0.717) is 19.5 Å². The van der Waals surface area contributed by atoms with Crippen LogP contribution in [0.2, 0.25) is 0 Å². The van der Waals surface area contributed by atoms with E-state index < -0.39 is 0 Å². The molecule has 0 saturated carbocycles. The number of hydrogen-bond donors (Lipinski definition) is 3. The molecule has 0 aliphatic carbocycles. The molecule has 2 atom stereocenters. The molecule has 2 aliphatic rings. The Morgan fingerprint density at radius 1 is 1.27 bits per heavy atom. The second-order valence-corrected chi connectivity index (χ2v) is 7.03. The van der Waals surface area contributed by atoms with Gasteiger partial charge in [0.15, 0.2) is 0 Å². The molecule has 1 aromatic carbocycles. The third kappa shape index (κ3) is 4.95. The Hall–Kier alpha value is -2.12. The summed E-state index contributed by atoms with van der Waals surface area (Å²) in [6, 6.07) is 9.69. The molecule has 3 rings (SSSR count). The van der Waals surface area contributed by atoms with Gasteiger partial charge < -0.3 is 20.9 Å². The second kappa shape index (κ2) is 9.00. The lowest BCUT2D eigenvalue weighted by atomic mass is 10.1. The van der Waals surface area contributed by atoms with Gasteiger partial charge >= 0.3 is 6.03 Å². The molecule has 2 aliphatic heterocycles. The van der Waals surface area contributed by atoms with Crippen LogP contribution < -0.4 is 16.0 Å². The number of carbonyl (C=O) groups is 2. The van der Waals surface area contributed by atoms with Crippen molar-refractivity contribution in [3.63, 3.8) is 0 Å². The van der Waals surface area contributed by atoms with Gasteiger partial charge in [0, 0.05) is 52.2 Å². The largest absolute Gasteiger partial charge is 0.337 e. The molecule has 7 heteroatoms. The molecule has 0 bridgehead atoms. The van der Waals surface area contributed by atoms with Gasteiger partial charge in [-0.05, 0) is 12.5 Å². The number of piperazine rings is 1.